The number of likely N-dealkylation sites (tertiary alicyclic amines) is 2. The fourth-order valence-corrected chi connectivity index (χ4v) is 12.3. The first-order chi connectivity index (χ1) is 38.0. The standard InChI is InChI=1S/C32H38N4O3.C28H30N2O4.C4H10N2/c1-32(11-12-32)25-7-9-28-24(17-25)16-23-15-22(6-8-27(23)34-28)31(39)35-29(10-13-37)20-4-3-5-21(14-20)30(38)33-26-18-36(2)19-26;1-28(10-11-28)22-6-8-24-21(16-22)15-20-14-18(5-7-23(20)29-24)26(32)30-25(9-12-31)17-3-2-4-19(13-17)27(33)34;1-6-2-4(5)3-6/h3-6,8,14-16,25-26,29,37H,7,9-13,17-19H2,1-2H3,(H,33,38)(H,35,39);2-5,7,13-15,22,25,31H,6,8-12,16H2,1H3,(H,30,32)(H,33,34);4H,2-3,5H2,1H3/t25-,29+;22-,25+;/m00./s1. The molecule has 15 nitrogen and oxygen atoms in total. The van der Waals surface area contributed by atoms with Crippen LogP contribution in [-0.4, -0.2) is 124 Å². The van der Waals surface area contributed by atoms with Gasteiger partial charge in [0.2, 0.25) is 0 Å². The van der Waals surface area contributed by atoms with Crippen LogP contribution in [0.25, 0.3) is 21.8 Å². The normalized spacial score (nSPS) is 20.7. The molecule has 0 radical (unpaired) electrons. The number of carboxylic acid groups (broad SMARTS) is 1. The van der Waals surface area contributed by atoms with Gasteiger partial charge >= 0.3 is 5.97 Å². The van der Waals surface area contributed by atoms with Gasteiger partial charge in [0.15, 0.2) is 0 Å². The summed E-state index contributed by atoms with van der Waals surface area (Å²) in [5, 5.41) is 39.6. The second-order valence-electron chi connectivity index (χ2n) is 24.2. The van der Waals surface area contributed by atoms with Crippen molar-refractivity contribution in [3.63, 3.8) is 0 Å². The minimum atomic E-state index is -1.03. The Balaban J connectivity index is 0.000000162. The highest BCUT2D eigenvalue weighted by Crippen LogP contribution is 2.56. The maximum Gasteiger partial charge on any atom is 0.335 e. The SMILES string of the molecule is CC1([C@H]2CCc3nc4ccc(C(=O)N[C@H](CCO)c5cccc(C(=O)O)c5)cc4cc3C2)CC1.CN1CC(N)C1.CN1CC(NC(=O)c2cccc([C@@H](CCO)NC(=O)c3ccc4nc5c(cc4c3)C[C@@H](C3(C)CC3)CC5)c2)C1. The van der Waals surface area contributed by atoms with E-state index in [9.17, 15) is 34.5 Å². The van der Waals surface area contributed by atoms with E-state index < -0.39 is 18.1 Å². The second-order valence-corrected chi connectivity index (χ2v) is 24.2. The molecule has 4 atom stereocenters. The number of nitrogens with two attached hydrogens (primary N) is 1. The average molecular weight is 1070 g/mol. The molecule has 4 aromatic carbocycles. The minimum Gasteiger partial charge on any atom is -0.478 e. The van der Waals surface area contributed by atoms with Gasteiger partial charge in [-0.25, -0.2) is 4.79 Å². The highest BCUT2D eigenvalue weighted by Gasteiger charge is 2.46. The number of fused-ring (bicyclic) bond motifs is 4. The molecule has 4 aliphatic carbocycles. The highest BCUT2D eigenvalue weighted by molar-refractivity contribution is 5.99. The summed E-state index contributed by atoms with van der Waals surface area (Å²) >= 11 is 0. The highest BCUT2D eigenvalue weighted by atomic mass is 16.4. The number of pyridine rings is 2. The van der Waals surface area contributed by atoms with Gasteiger partial charge in [0.05, 0.1) is 34.7 Å². The summed E-state index contributed by atoms with van der Waals surface area (Å²) < 4.78 is 0. The van der Waals surface area contributed by atoms with Gasteiger partial charge in [0, 0.05) is 84.3 Å². The molecular formula is C64H78N8O7. The molecule has 12 rings (SSSR count). The number of likely N-dealkylation sites (N-methyl/N-ethyl adjacent to an activating group) is 2. The zero-order valence-corrected chi connectivity index (χ0v) is 46.3. The fourth-order valence-electron chi connectivity index (χ4n) is 12.3. The van der Waals surface area contributed by atoms with E-state index >= 15 is 0 Å². The van der Waals surface area contributed by atoms with Gasteiger partial charge in [0.1, 0.15) is 0 Å². The molecule has 3 amide bonds. The van der Waals surface area contributed by atoms with Gasteiger partial charge in [-0.15, -0.1) is 0 Å². The summed E-state index contributed by atoms with van der Waals surface area (Å²) in [5.74, 6) is -0.174. The van der Waals surface area contributed by atoms with Gasteiger partial charge < -0.3 is 46.8 Å². The summed E-state index contributed by atoms with van der Waals surface area (Å²) in [6, 6.07) is 29.2. The fraction of sp³-hybridized carbons (Fsp3) is 0.469. The van der Waals surface area contributed by atoms with Crippen LogP contribution in [0.3, 0.4) is 0 Å². The van der Waals surface area contributed by atoms with Crippen LogP contribution in [0.4, 0.5) is 0 Å². The number of rotatable bonds is 15. The molecule has 4 fully saturated rings. The zero-order chi connectivity index (χ0) is 55.6. The predicted molar refractivity (Wildman–Crippen MR) is 307 cm³/mol. The number of carbonyl (C=O) groups excluding carboxylic acids is 3. The summed E-state index contributed by atoms with van der Waals surface area (Å²) in [6.45, 7) is 8.46. The van der Waals surface area contributed by atoms with Crippen molar-refractivity contribution in [3.05, 3.63) is 153 Å². The van der Waals surface area contributed by atoms with Crippen LogP contribution in [0, 0.1) is 22.7 Å². The van der Waals surface area contributed by atoms with E-state index in [0.717, 1.165) is 85.1 Å². The molecule has 0 spiro atoms. The van der Waals surface area contributed by atoms with Gasteiger partial charge in [-0.05, 0) is 209 Å². The number of aromatic carboxylic acids is 1. The van der Waals surface area contributed by atoms with Crippen LogP contribution < -0.4 is 21.7 Å². The molecule has 8 N–H and O–H groups in total. The monoisotopic (exact) mass is 1070 g/mol. The molecule has 2 saturated carbocycles. The third kappa shape index (κ3) is 13.2. The number of aliphatic hydroxyl groups excluding tert-OH is 2. The number of amides is 3. The van der Waals surface area contributed by atoms with Crippen molar-refractivity contribution in [2.24, 2.45) is 28.4 Å². The largest absolute Gasteiger partial charge is 0.478 e. The number of hydrogen-bond acceptors (Lipinski definition) is 11. The van der Waals surface area contributed by atoms with Crippen LogP contribution in [0.5, 0.6) is 0 Å². The van der Waals surface area contributed by atoms with Crippen molar-refractivity contribution in [3.8, 4) is 0 Å². The Kier molecular flexibility index (Phi) is 16.6. The van der Waals surface area contributed by atoms with Crippen LogP contribution in [0.2, 0.25) is 0 Å². The number of nitrogens with one attached hydrogen (secondary N) is 3. The van der Waals surface area contributed by atoms with Crippen LogP contribution in [-0.2, 0) is 25.7 Å². The van der Waals surface area contributed by atoms with E-state index in [1.807, 2.05) is 55.6 Å². The third-order valence-electron chi connectivity index (χ3n) is 18.0. The van der Waals surface area contributed by atoms with E-state index in [1.165, 1.54) is 73.2 Å². The Morgan fingerprint density at radius 2 is 1.05 bits per heavy atom. The molecule has 2 saturated heterocycles. The number of benzene rings is 4. The maximum absolute atomic E-state index is 13.4. The minimum absolute atomic E-state index is 0.0797. The molecule has 2 aliphatic heterocycles. The molecule has 79 heavy (non-hydrogen) atoms. The van der Waals surface area contributed by atoms with Crippen molar-refractivity contribution >= 4 is 45.5 Å². The first kappa shape index (κ1) is 55.7. The first-order valence-corrected chi connectivity index (χ1v) is 28.5. The quantitative estimate of drug-likeness (QED) is 0.0520. The Labute approximate surface area is 463 Å². The number of aryl methyl sites for hydroxylation is 2. The zero-order valence-electron chi connectivity index (χ0n) is 46.3. The molecule has 2 aromatic heterocycles. The molecule has 0 unspecified atom stereocenters. The van der Waals surface area contributed by atoms with Crippen LogP contribution >= 0.6 is 0 Å². The lowest BCUT2D eigenvalue weighted by Crippen LogP contribution is -2.57. The number of nitrogens with zero attached hydrogens (tertiary/aromatic N) is 4. The summed E-state index contributed by atoms with van der Waals surface area (Å²) in [6.07, 6.45) is 12.6. The van der Waals surface area contributed by atoms with Crippen LogP contribution in [0.15, 0.2) is 97.1 Å². The van der Waals surface area contributed by atoms with E-state index in [-0.39, 0.29) is 49.0 Å². The summed E-state index contributed by atoms with van der Waals surface area (Å²) in [5.41, 5.74) is 16.5. The van der Waals surface area contributed by atoms with Gasteiger partial charge in [-0.2, -0.15) is 0 Å². The summed E-state index contributed by atoms with van der Waals surface area (Å²) in [7, 11) is 4.10. The topological polar surface area (TPSA) is 223 Å². The van der Waals surface area contributed by atoms with Crippen molar-refractivity contribution in [1.82, 2.24) is 35.7 Å². The lowest BCUT2D eigenvalue weighted by atomic mass is 9.77. The molecule has 0 bridgehead atoms. The van der Waals surface area contributed by atoms with Crippen molar-refractivity contribution in [2.45, 2.75) is 115 Å². The Hall–Kier alpha value is -6.62. The Morgan fingerprint density at radius 3 is 1.46 bits per heavy atom. The number of hydrogen-bond donors (Lipinski definition) is 7. The van der Waals surface area contributed by atoms with Crippen LogP contribution in [0.1, 0.15) is 152 Å². The van der Waals surface area contributed by atoms with E-state index in [1.54, 1.807) is 24.3 Å². The van der Waals surface area contributed by atoms with E-state index in [4.69, 9.17) is 15.7 Å². The third-order valence-corrected chi connectivity index (χ3v) is 18.0. The van der Waals surface area contributed by atoms with Gasteiger partial charge in [-0.1, -0.05) is 38.1 Å². The number of aromatic nitrogens is 2. The first-order valence-electron chi connectivity index (χ1n) is 28.5. The second kappa shape index (κ2) is 23.6. The lowest BCUT2D eigenvalue weighted by molar-refractivity contribution is 0.0695. The smallest absolute Gasteiger partial charge is 0.335 e. The van der Waals surface area contributed by atoms with Crippen molar-refractivity contribution in [1.29, 1.82) is 0 Å². The number of aliphatic hydroxyl groups is 2. The molecular weight excluding hydrogens is 993 g/mol. The van der Waals surface area contributed by atoms with Gasteiger partial charge in [-0.3, -0.25) is 24.4 Å². The molecule has 6 aliphatic rings. The van der Waals surface area contributed by atoms with Crippen molar-refractivity contribution < 1.29 is 34.5 Å². The van der Waals surface area contributed by atoms with E-state index in [2.05, 4.69) is 58.8 Å². The lowest BCUT2D eigenvalue weighted by Gasteiger charge is -2.36. The van der Waals surface area contributed by atoms with Crippen molar-refractivity contribution in [2.75, 3.05) is 53.5 Å². The molecule has 6 aromatic rings. The molecule has 4 heterocycles. The predicted octanol–water partition coefficient (Wildman–Crippen LogP) is 7.99. The number of carboxylic acids is 1. The number of carbonyl (C=O) groups is 4. The van der Waals surface area contributed by atoms with Gasteiger partial charge in [0.25, 0.3) is 17.7 Å². The Bertz CT molecular complexity index is 3230. The average Bonchev–Trinajstić information content (AvgIpc) is 4.43. The maximum atomic E-state index is 13.4. The molecule has 416 valence electrons. The molecule has 15 heteroatoms. The summed E-state index contributed by atoms with van der Waals surface area (Å²) in [4.78, 5) is 64.8. The Morgan fingerprint density at radius 1 is 0.608 bits per heavy atom. The van der Waals surface area contributed by atoms with E-state index in [0.29, 0.717) is 51.5 Å².